The highest BCUT2D eigenvalue weighted by Crippen LogP contribution is 2.28. The van der Waals surface area contributed by atoms with Gasteiger partial charge in [0.05, 0.1) is 6.10 Å². The molecule has 0 fully saturated rings. The lowest BCUT2D eigenvalue weighted by Gasteiger charge is -2.10. The molecule has 0 aromatic heterocycles. The van der Waals surface area contributed by atoms with Crippen molar-refractivity contribution in [3.05, 3.63) is 53.6 Å². The van der Waals surface area contributed by atoms with Crippen LogP contribution in [0.15, 0.2) is 42.5 Å². The predicted octanol–water partition coefficient (Wildman–Crippen LogP) is 2.69. The summed E-state index contributed by atoms with van der Waals surface area (Å²) < 4.78 is 0. The van der Waals surface area contributed by atoms with Gasteiger partial charge in [-0.25, -0.2) is 0 Å². The van der Waals surface area contributed by atoms with Crippen molar-refractivity contribution in [2.45, 2.75) is 12.5 Å². The number of aliphatic hydroxyl groups is 1. The Bertz CT molecular complexity index is 363. The molecule has 0 spiro atoms. The Morgan fingerprint density at radius 3 is 2.85 bits per heavy atom. The second kappa shape index (κ2) is 3.19. The summed E-state index contributed by atoms with van der Waals surface area (Å²) in [6.45, 7) is 3.86. The molecule has 1 nitrogen and oxygen atoms in total. The zero-order valence-electron chi connectivity index (χ0n) is 7.40. The maximum absolute atomic E-state index is 9.81. The minimum absolute atomic E-state index is 0.404. The fourth-order valence-electron chi connectivity index (χ4n) is 1.60. The number of benzene rings is 1. The maximum atomic E-state index is 9.81. The van der Waals surface area contributed by atoms with Crippen LogP contribution < -0.4 is 0 Å². The van der Waals surface area contributed by atoms with Gasteiger partial charge in [-0.3, -0.25) is 0 Å². The van der Waals surface area contributed by atoms with Gasteiger partial charge in [0.25, 0.3) is 0 Å². The minimum atomic E-state index is -0.404. The number of hydrogen-bond donors (Lipinski definition) is 1. The SMILES string of the molecule is C=C1C=Cc2ccccc2[C@@H](O)C1. The quantitative estimate of drug-likeness (QED) is 0.638. The summed E-state index contributed by atoms with van der Waals surface area (Å²) >= 11 is 0. The van der Waals surface area contributed by atoms with E-state index in [1.165, 1.54) is 0 Å². The summed E-state index contributed by atoms with van der Waals surface area (Å²) in [4.78, 5) is 0. The van der Waals surface area contributed by atoms with Crippen molar-refractivity contribution >= 4 is 6.08 Å². The first-order chi connectivity index (χ1) is 6.27. The normalized spacial score (nSPS) is 21.0. The Kier molecular flexibility index (Phi) is 2.03. The molecular weight excluding hydrogens is 160 g/mol. The van der Waals surface area contributed by atoms with E-state index in [1.54, 1.807) is 0 Å². The standard InChI is InChI=1S/C12H12O/c1-9-6-7-10-4-2-3-5-11(10)12(13)8-9/h2-7,12-13H,1,8H2/t12-/m0/s1. The van der Waals surface area contributed by atoms with Crippen molar-refractivity contribution in [2.24, 2.45) is 0 Å². The molecule has 0 unspecified atom stereocenters. The highest BCUT2D eigenvalue weighted by molar-refractivity contribution is 5.58. The fourth-order valence-corrected chi connectivity index (χ4v) is 1.60. The van der Waals surface area contributed by atoms with E-state index in [2.05, 4.69) is 6.58 Å². The van der Waals surface area contributed by atoms with Gasteiger partial charge in [0.1, 0.15) is 0 Å². The van der Waals surface area contributed by atoms with E-state index >= 15 is 0 Å². The van der Waals surface area contributed by atoms with Crippen LogP contribution in [0.5, 0.6) is 0 Å². The van der Waals surface area contributed by atoms with Gasteiger partial charge in [0.15, 0.2) is 0 Å². The summed E-state index contributed by atoms with van der Waals surface area (Å²) in [5.74, 6) is 0. The van der Waals surface area contributed by atoms with Crippen LogP contribution in [0, 0.1) is 0 Å². The third kappa shape index (κ3) is 1.56. The number of rotatable bonds is 0. The molecule has 1 aliphatic rings. The smallest absolute Gasteiger partial charge is 0.0835 e. The van der Waals surface area contributed by atoms with Crippen LogP contribution in [0.2, 0.25) is 0 Å². The molecule has 1 aliphatic carbocycles. The van der Waals surface area contributed by atoms with Crippen LogP contribution in [0.25, 0.3) is 6.08 Å². The van der Waals surface area contributed by atoms with Gasteiger partial charge < -0.3 is 5.11 Å². The van der Waals surface area contributed by atoms with Crippen molar-refractivity contribution in [1.29, 1.82) is 0 Å². The molecule has 66 valence electrons. The van der Waals surface area contributed by atoms with Crippen LogP contribution in [0.3, 0.4) is 0 Å². The highest BCUT2D eigenvalue weighted by Gasteiger charge is 2.13. The van der Waals surface area contributed by atoms with Crippen LogP contribution in [0.1, 0.15) is 23.7 Å². The lowest BCUT2D eigenvalue weighted by molar-refractivity contribution is 0.179. The molecule has 0 radical (unpaired) electrons. The zero-order chi connectivity index (χ0) is 9.26. The monoisotopic (exact) mass is 172 g/mol. The molecule has 0 saturated carbocycles. The van der Waals surface area contributed by atoms with Gasteiger partial charge in [0.2, 0.25) is 0 Å². The second-order valence-electron chi connectivity index (χ2n) is 3.34. The lowest BCUT2D eigenvalue weighted by atomic mass is 10.0. The van der Waals surface area contributed by atoms with Crippen molar-refractivity contribution in [3.63, 3.8) is 0 Å². The van der Waals surface area contributed by atoms with Gasteiger partial charge in [-0.05, 0) is 11.1 Å². The van der Waals surface area contributed by atoms with Gasteiger partial charge in [-0.2, -0.15) is 0 Å². The van der Waals surface area contributed by atoms with E-state index in [0.29, 0.717) is 6.42 Å². The van der Waals surface area contributed by atoms with E-state index in [4.69, 9.17) is 0 Å². The minimum Gasteiger partial charge on any atom is -0.388 e. The van der Waals surface area contributed by atoms with Crippen LogP contribution in [-0.4, -0.2) is 5.11 Å². The van der Waals surface area contributed by atoms with Crippen molar-refractivity contribution < 1.29 is 5.11 Å². The van der Waals surface area contributed by atoms with E-state index < -0.39 is 6.10 Å². The summed E-state index contributed by atoms with van der Waals surface area (Å²) in [7, 11) is 0. The Morgan fingerprint density at radius 1 is 1.23 bits per heavy atom. The Labute approximate surface area is 78.0 Å². The van der Waals surface area contributed by atoms with Gasteiger partial charge in [-0.1, -0.05) is 48.6 Å². The Balaban J connectivity index is 2.51. The van der Waals surface area contributed by atoms with E-state index in [9.17, 15) is 5.11 Å². The van der Waals surface area contributed by atoms with Gasteiger partial charge >= 0.3 is 0 Å². The first-order valence-electron chi connectivity index (χ1n) is 4.40. The van der Waals surface area contributed by atoms with Gasteiger partial charge in [0, 0.05) is 6.42 Å². The van der Waals surface area contributed by atoms with Crippen molar-refractivity contribution in [1.82, 2.24) is 0 Å². The van der Waals surface area contributed by atoms with E-state index in [-0.39, 0.29) is 0 Å². The first-order valence-corrected chi connectivity index (χ1v) is 4.40. The summed E-state index contributed by atoms with van der Waals surface area (Å²) in [6.07, 6.45) is 4.20. The van der Waals surface area contributed by atoms with Gasteiger partial charge in [-0.15, -0.1) is 0 Å². The van der Waals surface area contributed by atoms with Crippen LogP contribution >= 0.6 is 0 Å². The number of fused-ring (bicyclic) bond motifs is 1. The van der Waals surface area contributed by atoms with Crippen molar-refractivity contribution in [2.75, 3.05) is 0 Å². The second-order valence-corrected chi connectivity index (χ2v) is 3.34. The molecule has 1 aromatic rings. The lowest BCUT2D eigenvalue weighted by Crippen LogP contribution is -1.97. The maximum Gasteiger partial charge on any atom is 0.0835 e. The molecule has 0 saturated heterocycles. The molecule has 1 N–H and O–H groups in total. The summed E-state index contributed by atoms with van der Waals surface area (Å²) in [6, 6.07) is 7.89. The Morgan fingerprint density at radius 2 is 2.00 bits per heavy atom. The van der Waals surface area contributed by atoms with Crippen molar-refractivity contribution in [3.8, 4) is 0 Å². The number of aliphatic hydroxyl groups excluding tert-OH is 1. The van der Waals surface area contributed by atoms with E-state index in [1.807, 2.05) is 36.4 Å². The third-order valence-electron chi connectivity index (χ3n) is 2.31. The topological polar surface area (TPSA) is 20.2 Å². The average molecular weight is 172 g/mol. The highest BCUT2D eigenvalue weighted by atomic mass is 16.3. The van der Waals surface area contributed by atoms with E-state index in [0.717, 1.165) is 16.7 Å². The Hall–Kier alpha value is -1.34. The first kappa shape index (κ1) is 8.27. The zero-order valence-corrected chi connectivity index (χ0v) is 7.40. The fraction of sp³-hybridized carbons (Fsp3) is 0.167. The average Bonchev–Trinajstić information content (AvgIpc) is 2.27. The number of allylic oxidation sites excluding steroid dienone is 1. The summed E-state index contributed by atoms with van der Waals surface area (Å²) in [5.41, 5.74) is 3.06. The molecule has 0 aliphatic heterocycles. The molecule has 1 heteroatoms. The molecule has 0 bridgehead atoms. The molecule has 1 aromatic carbocycles. The summed E-state index contributed by atoms with van der Waals surface area (Å²) in [5, 5.41) is 9.81. The largest absolute Gasteiger partial charge is 0.388 e. The molecule has 2 rings (SSSR count). The van der Waals surface area contributed by atoms with Crippen LogP contribution in [-0.2, 0) is 0 Å². The molecule has 1 atom stereocenters. The predicted molar refractivity (Wildman–Crippen MR) is 54.2 cm³/mol. The molecule has 0 amide bonds. The molecule has 13 heavy (non-hydrogen) atoms. The van der Waals surface area contributed by atoms with Crippen LogP contribution in [0.4, 0.5) is 0 Å². The molecule has 0 heterocycles. The number of hydrogen-bond acceptors (Lipinski definition) is 1. The molecular formula is C12H12O. The third-order valence-corrected chi connectivity index (χ3v) is 2.31.